The summed E-state index contributed by atoms with van der Waals surface area (Å²) >= 11 is 0. The van der Waals surface area contributed by atoms with Gasteiger partial charge in [-0.1, -0.05) is 0 Å². The van der Waals surface area contributed by atoms with Crippen molar-refractivity contribution < 1.29 is 14.3 Å². The summed E-state index contributed by atoms with van der Waals surface area (Å²) in [5.41, 5.74) is 11.1. The zero-order chi connectivity index (χ0) is 13.4. The standard InChI is InChI=1S/C12H17N3O3/c13-9-3-5-10(6-4-9)18-8-12(17)15-7-1-2-11(14)16/h3-6H,1-2,7-8,13H2,(H2,14,16)(H,15,17). The molecule has 0 aliphatic carbocycles. The molecular formula is C12H17N3O3. The van der Waals surface area contributed by atoms with Gasteiger partial charge in [0.05, 0.1) is 0 Å². The topological polar surface area (TPSA) is 107 Å². The highest BCUT2D eigenvalue weighted by atomic mass is 16.5. The van der Waals surface area contributed by atoms with Crippen LogP contribution < -0.4 is 21.5 Å². The first-order chi connectivity index (χ1) is 8.58. The lowest BCUT2D eigenvalue weighted by molar-refractivity contribution is -0.123. The summed E-state index contributed by atoms with van der Waals surface area (Å²) < 4.78 is 5.24. The maximum Gasteiger partial charge on any atom is 0.257 e. The number of ether oxygens (including phenoxy) is 1. The molecule has 0 spiro atoms. The molecule has 0 heterocycles. The summed E-state index contributed by atoms with van der Waals surface area (Å²) in [5, 5.41) is 2.62. The Bertz CT molecular complexity index is 404. The van der Waals surface area contributed by atoms with Crippen molar-refractivity contribution in [1.29, 1.82) is 0 Å². The molecule has 0 atom stereocenters. The minimum Gasteiger partial charge on any atom is -0.484 e. The molecule has 1 aromatic rings. The minimum absolute atomic E-state index is 0.0690. The Kier molecular flexibility index (Phi) is 5.50. The molecule has 18 heavy (non-hydrogen) atoms. The number of carbonyl (C=O) groups is 2. The van der Waals surface area contributed by atoms with Gasteiger partial charge in [-0.15, -0.1) is 0 Å². The zero-order valence-corrected chi connectivity index (χ0v) is 10.0. The SMILES string of the molecule is NC(=O)CCCNC(=O)COc1ccc(N)cc1. The number of rotatable bonds is 7. The predicted molar refractivity (Wildman–Crippen MR) is 67.8 cm³/mol. The van der Waals surface area contributed by atoms with E-state index < -0.39 is 0 Å². The van der Waals surface area contributed by atoms with Gasteiger partial charge in [0.2, 0.25) is 5.91 Å². The lowest BCUT2D eigenvalue weighted by Gasteiger charge is -2.07. The average molecular weight is 251 g/mol. The molecule has 1 rings (SSSR count). The molecule has 0 aliphatic heterocycles. The van der Waals surface area contributed by atoms with Gasteiger partial charge in [-0.3, -0.25) is 9.59 Å². The first-order valence-electron chi connectivity index (χ1n) is 5.61. The third-order valence-corrected chi connectivity index (χ3v) is 2.17. The second-order valence-corrected chi connectivity index (χ2v) is 3.78. The molecule has 0 aromatic heterocycles. The summed E-state index contributed by atoms with van der Waals surface area (Å²) in [6.45, 7) is 0.341. The van der Waals surface area contributed by atoms with Gasteiger partial charge in [-0.05, 0) is 30.7 Å². The normalized spacial score (nSPS) is 9.78. The Morgan fingerprint density at radius 3 is 2.50 bits per heavy atom. The Morgan fingerprint density at radius 2 is 1.89 bits per heavy atom. The summed E-state index contributed by atoms with van der Waals surface area (Å²) in [4.78, 5) is 21.8. The number of nitrogens with one attached hydrogen (secondary N) is 1. The van der Waals surface area contributed by atoms with Crippen LogP contribution in [0.4, 0.5) is 5.69 Å². The van der Waals surface area contributed by atoms with E-state index in [2.05, 4.69) is 5.32 Å². The van der Waals surface area contributed by atoms with Gasteiger partial charge in [0.1, 0.15) is 5.75 Å². The molecule has 0 saturated carbocycles. The Labute approximate surface area is 105 Å². The van der Waals surface area contributed by atoms with Crippen LogP contribution in [0.2, 0.25) is 0 Å². The number of anilines is 1. The van der Waals surface area contributed by atoms with E-state index in [9.17, 15) is 9.59 Å². The molecule has 0 bridgehead atoms. The van der Waals surface area contributed by atoms with Crippen molar-refractivity contribution in [2.45, 2.75) is 12.8 Å². The van der Waals surface area contributed by atoms with Crippen molar-refractivity contribution in [2.24, 2.45) is 5.73 Å². The summed E-state index contributed by atoms with van der Waals surface area (Å²) in [5.74, 6) is -0.0323. The van der Waals surface area contributed by atoms with E-state index in [0.717, 1.165) is 0 Å². The van der Waals surface area contributed by atoms with Crippen LogP contribution in [0.5, 0.6) is 5.75 Å². The molecule has 5 N–H and O–H groups in total. The van der Waals surface area contributed by atoms with E-state index in [-0.39, 0.29) is 24.8 Å². The Morgan fingerprint density at radius 1 is 1.22 bits per heavy atom. The highest BCUT2D eigenvalue weighted by Gasteiger charge is 2.02. The Hall–Kier alpha value is -2.24. The van der Waals surface area contributed by atoms with Crippen molar-refractivity contribution >= 4 is 17.5 Å². The van der Waals surface area contributed by atoms with E-state index >= 15 is 0 Å². The Balaban J connectivity index is 2.17. The van der Waals surface area contributed by atoms with Gasteiger partial charge >= 0.3 is 0 Å². The van der Waals surface area contributed by atoms with Gasteiger partial charge in [0.15, 0.2) is 6.61 Å². The number of carbonyl (C=O) groups excluding carboxylic acids is 2. The minimum atomic E-state index is -0.373. The summed E-state index contributed by atoms with van der Waals surface area (Å²) in [7, 11) is 0. The lowest BCUT2D eigenvalue weighted by atomic mass is 10.3. The van der Waals surface area contributed by atoms with Crippen LogP contribution in [-0.4, -0.2) is 25.0 Å². The van der Waals surface area contributed by atoms with Crippen LogP contribution in [0.1, 0.15) is 12.8 Å². The van der Waals surface area contributed by atoms with Crippen LogP contribution >= 0.6 is 0 Å². The molecule has 0 unspecified atom stereocenters. The van der Waals surface area contributed by atoms with Crippen LogP contribution in [0, 0.1) is 0 Å². The fourth-order valence-electron chi connectivity index (χ4n) is 1.25. The van der Waals surface area contributed by atoms with Crippen LogP contribution in [0.25, 0.3) is 0 Å². The molecular weight excluding hydrogens is 234 g/mol. The molecule has 1 aromatic carbocycles. The number of nitrogen functional groups attached to an aromatic ring is 1. The van der Waals surface area contributed by atoms with E-state index in [4.69, 9.17) is 16.2 Å². The second-order valence-electron chi connectivity index (χ2n) is 3.78. The van der Waals surface area contributed by atoms with Gasteiger partial charge in [0.25, 0.3) is 5.91 Å². The third kappa shape index (κ3) is 5.74. The molecule has 0 saturated heterocycles. The quantitative estimate of drug-likeness (QED) is 0.469. The van der Waals surface area contributed by atoms with Gasteiger partial charge in [-0.2, -0.15) is 0 Å². The number of benzene rings is 1. The fraction of sp³-hybridized carbons (Fsp3) is 0.333. The van der Waals surface area contributed by atoms with Crippen molar-refractivity contribution in [3.8, 4) is 5.75 Å². The number of nitrogens with two attached hydrogens (primary N) is 2. The summed E-state index contributed by atoms with van der Waals surface area (Å²) in [6.07, 6.45) is 0.794. The smallest absolute Gasteiger partial charge is 0.257 e. The summed E-state index contributed by atoms with van der Waals surface area (Å²) in [6, 6.07) is 6.77. The lowest BCUT2D eigenvalue weighted by Crippen LogP contribution is -2.30. The highest BCUT2D eigenvalue weighted by molar-refractivity contribution is 5.77. The second kappa shape index (κ2) is 7.16. The zero-order valence-electron chi connectivity index (χ0n) is 10.0. The first-order valence-corrected chi connectivity index (χ1v) is 5.61. The first kappa shape index (κ1) is 13.8. The molecule has 2 amide bonds. The predicted octanol–water partition coefficient (Wildman–Crippen LogP) is 0.0293. The molecule has 6 nitrogen and oxygen atoms in total. The molecule has 0 fully saturated rings. The molecule has 0 aliphatic rings. The van der Waals surface area contributed by atoms with Crippen LogP contribution in [0.3, 0.4) is 0 Å². The van der Waals surface area contributed by atoms with Crippen molar-refractivity contribution in [3.63, 3.8) is 0 Å². The van der Waals surface area contributed by atoms with Crippen molar-refractivity contribution in [3.05, 3.63) is 24.3 Å². The third-order valence-electron chi connectivity index (χ3n) is 2.17. The highest BCUT2D eigenvalue weighted by Crippen LogP contribution is 2.12. The van der Waals surface area contributed by atoms with E-state index in [1.54, 1.807) is 24.3 Å². The van der Waals surface area contributed by atoms with E-state index in [1.165, 1.54) is 0 Å². The largest absolute Gasteiger partial charge is 0.484 e. The maximum atomic E-state index is 11.4. The maximum absolute atomic E-state index is 11.4. The average Bonchev–Trinajstić information content (AvgIpc) is 2.34. The monoisotopic (exact) mass is 251 g/mol. The molecule has 6 heteroatoms. The van der Waals surface area contributed by atoms with Gasteiger partial charge in [0, 0.05) is 18.7 Å². The van der Waals surface area contributed by atoms with Gasteiger partial charge in [-0.25, -0.2) is 0 Å². The molecule has 0 radical (unpaired) electrons. The van der Waals surface area contributed by atoms with Crippen LogP contribution in [0.15, 0.2) is 24.3 Å². The van der Waals surface area contributed by atoms with Crippen molar-refractivity contribution in [1.82, 2.24) is 5.32 Å². The number of primary amides is 1. The van der Waals surface area contributed by atoms with E-state index in [0.29, 0.717) is 24.4 Å². The van der Waals surface area contributed by atoms with Crippen LogP contribution in [-0.2, 0) is 9.59 Å². The number of amides is 2. The fourth-order valence-corrected chi connectivity index (χ4v) is 1.25. The van der Waals surface area contributed by atoms with Crippen molar-refractivity contribution in [2.75, 3.05) is 18.9 Å². The molecule has 98 valence electrons. The number of hydrogen-bond acceptors (Lipinski definition) is 4. The number of hydrogen-bond donors (Lipinski definition) is 3. The van der Waals surface area contributed by atoms with E-state index in [1.807, 2.05) is 0 Å². The van der Waals surface area contributed by atoms with Gasteiger partial charge < -0.3 is 21.5 Å².